The molecular weight excluding hydrogens is 446 g/mol. The number of benzene rings is 2. The number of nitrogens with zero attached hydrogens (tertiary/aromatic N) is 2. The molecule has 0 aromatic heterocycles. The number of ether oxygens (including phenoxy) is 1. The first-order valence-corrected chi connectivity index (χ1v) is 12.2. The SMILES string of the molecule is CC(C)C[C@H](NC(=O)OCC1c2ccccc2-c2ccccc21)C(=O)N1CCN(CC(=O)O)CC1. The van der Waals surface area contributed by atoms with Crippen LogP contribution in [-0.2, 0) is 14.3 Å². The zero-order chi connectivity index (χ0) is 24.9. The van der Waals surface area contributed by atoms with Gasteiger partial charge in [0.15, 0.2) is 0 Å². The molecule has 1 aliphatic heterocycles. The van der Waals surface area contributed by atoms with E-state index in [-0.39, 0.29) is 30.9 Å². The van der Waals surface area contributed by atoms with Crippen LogP contribution in [0.5, 0.6) is 0 Å². The zero-order valence-electron chi connectivity index (χ0n) is 20.3. The van der Waals surface area contributed by atoms with Crippen molar-refractivity contribution >= 4 is 18.0 Å². The minimum atomic E-state index is -0.876. The Balaban J connectivity index is 1.37. The molecule has 2 aliphatic rings. The van der Waals surface area contributed by atoms with Crippen LogP contribution in [-0.4, -0.2) is 78.2 Å². The minimum absolute atomic E-state index is 0.0323. The summed E-state index contributed by atoms with van der Waals surface area (Å²) < 4.78 is 5.66. The summed E-state index contributed by atoms with van der Waals surface area (Å²) in [4.78, 5) is 40.5. The van der Waals surface area contributed by atoms with E-state index in [1.807, 2.05) is 43.0 Å². The van der Waals surface area contributed by atoms with E-state index in [1.54, 1.807) is 4.90 Å². The van der Waals surface area contributed by atoms with Gasteiger partial charge in [0, 0.05) is 32.1 Å². The lowest BCUT2D eigenvalue weighted by Crippen LogP contribution is -2.55. The Bertz CT molecular complexity index is 1030. The second-order valence-electron chi connectivity index (χ2n) is 9.65. The molecule has 2 aromatic rings. The second-order valence-corrected chi connectivity index (χ2v) is 9.65. The molecule has 1 saturated heterocycles. The van der Waals surface area contributed by atoms with Gasteiger partial charge in [-0.1, -0.05) is 62.4 Å². The molecular formula is C27H33N3O5. The molecule has 0 bridgehead atoms. The normalized spacial score (nSPS) is 16.5. The van der Waals surface area contributed by atoms with Crippen molar-refractivity contribution in [3.8, 4) is 11.1 Å². The number of piperazine rings is 1. The van der Waals surface area contributed by atoms with E-state index in [1.165, 1.54) is 0 Å². The average Bonchev–Trinajstić information content (AvgIpc) is 3.15. The van der Waals surface area contributed by atoms with Crippen molar-refractivity contribution in [3.05, 3.63) is 59.7 Å². The van der Waals surface area contributed by atoms with Gasteiger partial charge in [-0.2, -0.15) is 0 Å². The molecule has 0 radical (unpaired) electrons. The lowest BCUT2D eigenvalue weighted by atomic mass is 9.98. The summed E-state index contributed by atoms with van der Waals surface area (Å²) >= 11 is 0. The Hall–Kier alpha value is -3.39. The van der Waals surface area contributed by atoms with Crippen molar-refractivity contribution in [3.63, 3.8) is 0 Å². The van der Waals surface area contributed by atoms with Crippen LogP contribution >= 0.6 is 0 Å². The molecule has 1 aliphatic carbocycles. The number of fused-ring (bicyclic) bond motifs is 3. The van der Waals surface area contributed by atoms with Crippen LogP contribution in [0.1, 0.15) is 37.3 Å². The van der Waals surface area contributed by atoms with Gasteiger partial charge >= 0.3 is 12.1 Å². The van der Waals surface area contributed by atoms with Crippen LogP contribution in [0.3, 0.4) is 0 Å². The predicted molar refractivity (Wildman–Crippen MR) is 132 cm³/mol. The molecule has 1 heterocycles. The summed E-state index contributed by atoms with van der Waals surface area (Å²) in [6.45, 7) is 6.04. The van der Waals surface area contributed by atoms with E-state index in [0.29, 0.717) is 32.6 Å². The monoisotopic (exact) mass is 479 g/mol. The van der Waals surface area contributed by atoms with Crippen molar-refractivity contribution < 1.29 is 24.2 Å². The summed E-state index contributed by atoms with van der Waals surface area (Å²) in [5.74, 6) is -0.873. The molecule has 35 heavy (non-hydrogen) atoms. The van der Waals surface area contributed by atoms with E-state index in [0.717, 1.165) is 22.3 Å². The van der Waals surface area contributed by atoms with E-state index >= 15 is 0 Å². The Morgan fingerprint density at radius 2 is 1.54 bits per heavy atom. The van der Waals surface area contributed by atoms with Crippen molar-refractivity contribution in [1.29, 1.82) is 0 Å². The molecule has 0 saturated carbocycles. The van der Waals surface area contributed by atoms with Crippen molar-refractivity contribution in [2.45, 2.75) is 32.2 Å². The Morgan fingerprint density at radius 3 is 2.09 bits per heavy atom. The first kappa shape index (κ1) is 24.7. The number of nitrogens with one attached hydrogen (secondary N) is 1. The van der Waals surface area contributed by atoms with E-state index in [2.05, 4.69) is 29.6 Å². The standard InChI is InChI=1S/C27H33N3O5/c1-18(2)15-24(26(33)30-13-11-29(12-14-30)16-25(31)32)28-27(34)35-17-23-21-9-5-3-7-19(21)20-8-4-6-10-22(20)23/h3-10,18,23-24H,11-17H2,1-2H3,(H,28,34)(H,31,32)/t24-/m0/s1. The fraction of sp³-hybridized carbons (Fsp3) is 0.444. The zero-order valence-corrected chi connectivity index (χ0v) is 20.3. The summed E-state index contributed by atoms with van der Waals surface area (Å²) in [6, 6.07) is 15.6. The molecule has 2 aromatic carbocycles. The topological polar surface area (TPSA) is 99.2 Å². The summed E-state index contributed by atoms with van der Waals surface area (Å²) in [5, 5.41) is 11.8. The number of carboxylic acids is 1. The smallest absolute Gasteiger partial charge is 0.407 e. The van der Waals surface area contributed by atoms with Gasteiger partial charge < -0.3 is 20.1 Å². The largest absolute Gasteiger partial charge is 0.480 e. The molecule has 0 spiro atoms. The lowest BCUT2D eigenvalue weighted by Gasteiger charge is -2.36. The first-order chi connectivity index (χ1) is 16.8. The number of rotatable bonds is 8. The number of carbonyl (C=O) groups is 3. The Morgan fingerprint density at radius 1 is 0.971 bits per heavy atom. The third kappa shape index (κ3) is 5.82. The van der Waals surface area contributed by atoms with Gasteiger partial charge in [0.2, 0.25) is 5.91 Å². The fourth-order valence-electron chi connectivity index (χ4n) is 5.01. The maximum absolute atomic E-state index is 13.2. The highest BCUT2D eigenvalue weighted by Crippen LogP contribution is 2.44. The van der Waals surface area contributed by atoms with Crippen LogP contribution in [0.15, 0.2) is 48.5 Å². The number of aliphatic carboxylic acids is 1. The summed E-state index contributed by atoms with van der Waals surface area (Å²) in [7, 11) is 0. The van der Waals surface area contributed by atoms with E-state index < -0.39 is 18.1 Å². The van der Waals surface area contributed by atoms with Gasteiger partial charge in [0.1, 0.15) is 12.6 Å². The van der Waals surface area contributed by atoms with Crippen molar-refractivity contribution in [2.24, 2.45) is 5.92 Å². The van der Waals surface area contributed by atoms with Crippen LogP contribution in [0.25, 0.3) is 11.1 Å². The maximum atomic E-state index is 13.2. The van der Waals surface area contributed by atoms with Gasteiger partial charge in [-0.3, -0.25) is 14.5 Å². The molecule has 1 fully saturated rings. The van der Waals surface area contributed by atoms with Gasteiger partial charge in [-0.05, 0) is 34.6 Å². The number of carbonyl (C=O) groups excluding carboxylic acids is 2. The van der Waals surface area contributed by atoms with Gasteiger partial charge in [-0.15, -0.1) is 0 Å². The summed E-state index contributed by atoms with van der Waals surface area (Å²) in [6.07, 6.45) is -0.103. The fourth-order valence-corrected chi connectivity index (χ4v) is 5.01. The highest BCUT2D eigenvalue weighted by molar-refractivity contribution is 5.86. The lowest BCUT2D eigenvalue weighted by molar-refractivity contribution is -0.140. The number of amides is 2. The average molecular weight is 480 g/mol. The highest BCUT2D eigenvalue weighted by Gasteiger charge is 2.32. The van der Waals surface area contributed by atoms with Gasteiger partial charge in [0.05, 0.1) is 6.54 Å². The van der Waals surface area contributed by atoms with Crippen LogP contribution in [0, 0.1) is 5.92 Å². The highest BCUT2D eigenvalue weighted by atomic mass is 16.5. The first-order valence-electron chi connectivity index (χ1n) is 12.2. The van der Waals surface area contributed by atoms with Crippen molar-refractivity contribution in [2.75, 3.05) is 39.3 Å². The Kier molecular flexibility index (Phi) is 7.70. The van der Waals surface area contributed by atoms with Gasteiger partial charge in [-0.25, -0.2) is 4.79 Å². The van der Waals surface area contributed by atoms with Gasteiger partial charge in [0.25, 0.3) is 0 Å². The Labute approximate surface area is 205 Å². The summed E-state index contributed by atoms with van der Waals surface area (Å²) in [5.41, 5.74) is 4.59. The van der Waals surface area contributed by atoms with Crippen molar-refractivity contribution in [1.82, 2.24) is 15.1 Å². The third-order valence-electron chi connectivity index (χ3n) is 6.68. The van der Waals surface area contributed by atoms with E-state index in [9.17, 15) is 14.4 Å². The molecule has 2 N–H and O–H groups in total. The molecule has 2 amide bonds. The molecule has 4 rings (SSSR count). The number of carboxylic acid groups (broad SMARTS) is 1. The van der Waals surface area contributed by atoms with Crippen LogP contribution in [0.4, 0.5) is 4.79 Å². The maximum Gasteiger partial charge on any atom is 0.407 e. The number of hydrogen-bond donors (Lipinski definition) is 2. The molecule has 186 valence electrons. The number of hydrogen-bond acceptors (Lipinski definition) is 5. The predicted octanol–water partition coefficient (Wildman–Crippen LogP) is 3.17. The molecule has 1 atom stereocenters. The number of alkyl carbamates (subject to hydrolysis) is 1. The molecule has 8 heteroatoms. The minimum Gasteiger partial charge on any atom is -0.480 e. The molecule has 8 nitrogen and oxygen atoms in total. The van der Waals surface area contributed by atoms with E-state index in [4.69, 9.17) is 9.84 Å². The second kappa shape index (κ2) is 10.9. The van der Waals surface area contributed by atoms with Crippen LogP contribution in [0.2, 0.25) is 0 Å². The third-order valence-corrected chi connectivity index (χ3v) is 6.68. The quantitative estimate of drug-likeness (QED) is 0.604. The molecule has 0 unspecified atom stereocenters. The van der Waals surface area contributed by atoms with Crippen LogP contribution < -0.4 is 5.32 Å².